The summed E-state index contributed by atoms with van der Waals surface area (Å²) < 4.78 is 0. The minimum Gasteiger partial charge on any atom is -0.510 e. The van der Waals surface area contributed by atoms with Crippen molar-refractivity contribution in [2.24, 2.45) is 5.92 Å². The third-order valence-electron chi connectivity index (χ3n) is 3.20. The maximum Gasteiger partial charge on any atom is 0.309 e. The Morgan fingerprint density at radius 3 is 2.44 bits per heavy atom. The average Bonchev–Trinajstić information content (AvgIpc) is 2.29. The van der Waals surface area contributed by atoms with Crippen LogP contribution in [-0.4, -0.2) is 32.8 Å². The maximum atomic E-state index is 11.3. The molecule has 0 radical (unpaired) electrons. The lowest BCUT2D eigenvalue weighted by Gasteiger charge is -2.40. The minimum atomic E-state index is -1.26. The summed E-state index contributed by atoms with van der Waals surface area (Å²) in [5, 5.41) is 30.9. The molecule has 6 heteroatoms. The zero-order valence-corrected chi connectivity index (χ0v) is 10.3. The molecule has 0 aliphatic carbocycles. The lowest BCUT2D eigenvalue weighted by Crippen LogP contribution is -2.56. The third-order valence-corrected chi connectivity index (χ3v) is 3.20. The van der Waals surface area contributed by atoms with E-state index in [9.17, 15) is 19.8 Å². The maximum absolute atomic E-state index is 11.3. The fourth-order valence-corrected chi connectivity index (χ4v) is 2.24. The number of hydrogen-bond donors (Lipinski definition) is 4. The van der Waals surface area contributed by atoms with E-state index in [-0.39, 0.29) is 12.2 Å². The lowest BCUT2D eigenvalue weighted by molar-refractivity contribution is -0.151. The highest BCUT2D eigenvalue weighted by atomic mass is 16.4. The largest absolute Gasteiger partial charge is 0.510 e. The molecule has 0 fully saturated rings. The van der Waals surface area contributed by atoms with Gasteiger partial charge in [0, 0.05) is 5.70 Å². The Balaban J connectivity index is 3.20. The van der Waals surface area contributed by atoms with Crippen LogP contribution in [0.25, 0.3) is 0 Å². The monoisotopic (exact) mass is 255 g/mol. The standard InChI is InChI=1S/C12H17NO5/c1-3-12(8(11(17)18)6-10(15)16)9(14)5-4-7(2)13-12/h4-5,8,13-14H,3,6H2,1-2H3,(H,15,16)(H,17,18)/t8-,12+/m1/s1. The first kappa shape index (κ1) is 14.1. The van der Waals surface area contributed by atoms with Crippen LogP contribution in [0.15, 0.2) is 23.6 Å². The minimum absolute atomic E-state index is 0.149. The van der Waals surface area contributed by atoms with E-state index in [0.29, 0.717) is 5.70 Å². The van der Waals surface area contributed by atoms with Crippen molar-refractivity contribution in [3.8, 4) is 0 Å². The van der Waals surface area contributed by atoms with Crippen LogP contribution in [-0.2, 0) is 9.59 Å². The normalized spacial score (nSPS) is 24.6. The predicted octanol–water partition coefficient (Wildman–Crippen LogP) is 1.26. The summed E-state index contributed by atoms with van der Waals surface area (Å²) in [5.74, 6) is -3.84. The van der Waals surface area contributed by atoms with Gasteiger partial charge in [-0.25, -0.2) is 0 Å². The molecule has 0 saturated carbocycles. The second kappa shape index (κ2) is 5.12. The van der Waals surface area contributed by atoms with Crippen LogP contribution >= 0.6 is 0 Å². The Bertz CT molecular complexity index is 426. The fourth-order valence-electron chi connectivity index (χ4n) is 2.24. The van der Waals surface area contributed by atoms with Crippen molar-refractivity contribution in [1.82, 2.24) is 5.32 Å². The fraction of sp³-hybridized carbons (Fsp3) is 0.500. The van der Waals surface area contributed by atoms with Gasteiger partial charge in [0.2, 0.25) is 0 Å². The molecule has 0 unspecified atom stereocenters. The molecule has 0 saturated heterocycles. The summed E-state index contributed by atoms with van der Waals surface area (Å²) >= 11 is 0. The molecule has 1 aliphatic heterocycles. The van der Waals surface area contributed by atoms with E-state index in [1.165, 1.54) is 6.08 Å². The number of dihydropyridines is 1. The van der Waals surface area contributed by atoms with Gasteiger partial charge >= 0.3 is 11.9 Å². The van der Waals surface area contributed by atoms with Crippen molar-refractivity contribution in [1.29, 1.82) is 0 Å². The number of hydrogen-bond acceptors (Lipinski definition) is 4. The zero-order valence-electron chi connectivity index (χ0n) is 10.3. The first-order valence-electron chi connectivity index (χ1n) is 5.64. The molecule has 0 aromatic rings. The van der Waals surface area contributed by atoms with E-state index in [0.717, 1.165) is 0 Å². The highest BCUT2D eigenvalue weighted by Gasteiger charge is 2.47. The van der Waals surface area contributed by atoms with Crippen LogP contribution in [0.1, 0.15) is 26.7 Å². The molecule has 0 aromatic carbocycles. The summed E-state index contributed by atoms with van der Waals surface area (Å²) in [6.45, 7) is 3.43. The molecule has 6 nitrogen and oxygen atoms in total. The predicted molar refractivity (Wildman–Crippen MR) is 64.0 cm³/mol. The van der Waals surface area contributed by atoms with Crippen LogP contribution in [0, 0.1) is 5.92 Å². The molecule has 0 amide bonds. The first-order chi connectivity index (χ1) is 8.33. The molecule has 1 rings (SSSR count). The Hall–Kier alpha value is -1.98. The Labute approximate surface area is 105 Å². The van der Waals surface area contributed by atoms with Crippen LogP contribution < -0.4 is 5.32 Å². The molecule has 2 atom stereocenters. The van der Waals surface area contributed by atoms with Gasteiger partial charge in [-0.3, -0.25) is 9.59 Å². The number of carbonyl (C=O) groups is 2. The molecular formula is C12H17NO5. The summed E-state index contributed by atoms with van der Waals surface area (Å²) in [6.07, 6.45) is 2.74. The second-order valence-electron chi connectivity index (χ2n) is 4.34. The number of nitrogens with one attached hydrogen (secondary N) is 1. The number of aliphatic hydroxyl groups is 1. The highest BCUT2D eigenvalue weighted by molar-refractivity contribution is 5.80. The molecule has 1 aliphatic rings. The van der Waals surface area contributed by atoms with Crippen molar-refractivity contribution in [3.05, 3.63) is 23.6 Å². The van der Waals surface area contributed by atoms with Crippen molar-refractivity contribution >= 4 is 11.9 Å². The van der Waals surface area contributed by atoms with E-state index in [4.69, 9.17) is 5.11 Å². The number of rotatable bonds is 5. The Morgan fingerprint density at radius 1 is 1.39 bits per heavy atom. The van der Waals surface area contributed by atoms with Crippen molar-refractivity contribution in [3.63, 3.8) is 0 Å². The van der Waals surface area contributed by atoms with Crippen LogP contribution in [0.3, 0.4) is 0 Å². The number of carboxylic acid groups (broad SMARTS) is 2. The topological polar surface area (TPSA) is 107 Å². The van der Waals surface area contributed by atoms with E-state index in [2.05, 4.69) is 5.32 Å². The summed E-state index contributed by atoms with van der Waals surface area (Å²) in [5.41, 5.74) is -0.574. The molecular weight excluding hydrogens is 238 g/mol. The van der Waals surface area contributed by atoms with Gasteiger partial charge in [-0.05, 0) is 25.5 Å². The third kappa shape index (κ3) is 2.47. The number of aliphatic hydroxyl groups excluding tert-OH is 1. The Morgan fingerprint density at radius 2 is 2.00 bits per heavy atom. The van der Waals surface area contributed by atoms with Gasteiger partial charge in [0.25, 0.3) is 0 Å². The van der Waals surface area contributed by atoms with Gasteiger partial charge < -0.3 is 20.6 Å². The van der Waals surface area contributed by atoms with Crippen LogP contribution in [0.5, 0.6) is 0 Å². The van der Waals surface area contributed by atoms with Gasteiger partial charge in [-0.1, -0.05) is 6.92 Å². The molecule has 0 aromatic heterocycles. The summed E-state index contributed by atoms with van der Waals surface area (Å²) in [4.78, 5) is 22.1. The van der Waals surface area contributed by atoms with E-state index < -0.39 is 29.8 Å². The van der Waals surface area contributed by atoms with Gasteiger partial charge in [-0.15, -0.1) is 0 Å². The summed E-state index contributed by atoms with van der Waals surface area (Å²) in [7, 11) is 0. The van der Waals surface area contributed by atoms with Crippen molar-refractivity contribution in [2.75, 3.05) is 0 Å². The molecule has 0 spiro atoms. The number of allylic oxidation sites excluding steroid dienone is 3. The zero-order chi connectivity index (χ0) is 13.9. The average molecular weight is 255 g/mol. The molecule has 1 heterocycles. The van der Waals surface area contributed by atoms with Crippen molar-refractivity contribution in [2.45, 2.75) is 32.2 Å². The second-order valence-corrected chi connectivity index (χ2v) is 4.34. The molecule has 18 heavy (non-hydrogen) atoms. The highest BCUT2D eigenvalue weighted by Crippen LogP contribution is 2.34. The van der Waals surface area contributed by atoms with E-state index in [1.54, 1.807) is 19.9 Å². The Kier molecular flexibility index (Phi) is 4.00. The van der Waals surface area contributed by atoms with Gasteiger partial charge in [0.05, 0.1) is 12.3 Å². The van der Waals surface area contributed by atoms with E-state index in [1.807, 2.05) is 0 Å². The number of aliphatic carboxylic acids is 2. The van der Waals surface area contributed by atoms with Gasteiger partial charge in [-0.2, -0.15) is 0 Å². The molecule has 0 bridgehead atoms. The SMILES string of the molecule is CC[C@@]1([C@H](CC(=O)O)C(=O)O)NC(C)=CC=C1O. The van der Waals surface area contributed by atoms with Crippen LogP contribution in [0.4, 0.5) is 0 Å². The lowest BCUT2D eigenvalue weighted by atomic mass is 9.76. The quantitative estimate of drug-likeness (QED) is 0.589. The summed E-state index contributed by atoms with van der Waals surface area (Å²) in [6, 6.07) is 0. The van der Waals surface area contributed by atoms with E-state index >= 15 is 0 Å². The molecule has 4 N–H and O–H groups in total. The van der Waals surface area contributed by atoms with Gasteiger partial charge in [0.15, 0.2) is 0 Å². The number of carboxylic acids is 2. The van der Waals surface area contributed by atoms with Gasteiger partial charge in [0.1, 0.15) is 11.3 Å². The smallest absolute Gasteiger partial charge is 0.309 e. The molecule has 100 valence electrons. The first-order valence-corrected chi connectivity index (χ1v) is 5.64. The van der Waals surface area contributed by atoms with Crippen LogP contribution in [0.2, 0.25) is 0 Å². The van der Waals surface area contributed by atoms with Crippen molar-refractivity contribution < 1.29 is 24.9 Å².